The van der Waals surface area contributed by atoms with Crippen LogP contribution in [0, 0.1) is 5.41 Å². The van der Waals surface area contributed by atoms with E-state index in [2.05, 4.69) is 78.7 Å². The zero-order chi connectivity index (χ0) is 14.0. The van der Waals surface area contributed by atoms with Gasteiger partial charge in [0.2, 0.25) is 0 Å². The van der Waals surface area contributed by atoms with Crippen molar-refractivity contribution in [2.45, 2.75) is 20.3 Å². The number of benzene rings is 1. The van der Waals surface area contributed by atoms with Crippen LogP contribution in [-0.2, 0) is 0 Å². The van der Waals surface area contributed by atoms with Crippen molar-refractivity contribution in [2.24, 2.45) is 5.41 Å². The molecule has 0 saturated heterocycles. The maximum atomic E-state index is 3.53. The second-order valence-corrected chi connectivity index (χ2v) is 7.88. The number of hydrogen-bond donors (Lipinski definition) is 1. The van der Waals surface area contributed by atoms with Crippen molar-refractivity contribution < 1.29 is 0 Å². The Kier molecular flexibility index (Phi) is 3.69. The quantitative estimate of drug-likeness (QED) is 0.806. The average molecular weight is 328 g/mol. The van der Waals surface area contributed by atoms with Gasteiger partial charge < -0.3 is 0 Å². The molecule has 1 aliphatic carbocycles. The number of anilines is 1. The van der Waals surface area contributed by atoms with E-state index in [0.717, 1.165) is 6.42 Å². The Bertz CT molecular complexity index is 631. The molecule has 1 aromatic carbocycles. The minimum absolute atomic E-state index is 0.250. The standard InChI is InChI=1S/C18H19NSe/c1-18(2)11-3-5-16(13-18)19-15-9-7-14(8-10-15)17-6-4-12-20-17/h3-12,19H,13H2,1-2H3. The molecule has 0 spiro atoms. The van der Waals surface area contributed by atoms with Gasteiger partial charge in [0, 0.05) is 0 Å². The van der Waals surface area contributed by atoms with E-state index >= 15 is 0 Å². The number of rotatable bonds is 3. The summed E-state index contributed by atoms with van der Waals surface area (Å²) in [5.74, 6) is 0. The van der Waals surface area contributed by atoms with Gasteiger partial charge >= 0.3 is 126 Å². The molecule has 3 rings (SSSR count). The Hall–Kier alpha value is -1.50. The predicted octanol–water partition coefficient (Wildman–Crippen LogP) is 4.69. The first kappa shape index (κ1) is 13.5. The molecule has 102 valence electrons. The second kappa shape index (κ2) is 5.47. The van der Waals surface area contributed by atoms with E-state index in [0.29, 0.717) is 14.5 Å². The Morgan fingerprint density at radius 1 is 1.10 bits per heavy atom. The normalized spacial score (nSPS) is 16.8. The van der Waals surface area contributed by atoms with Crippen LogP contribution in [0.15, 0.2) is 65.3 Å². The van der Waals surface area contributed by atoms with Gasteiger partial charge in [-0.2, -0.15) is 0 Å². The van der Waals surface area contributed by atoms with Gasteiger partial charge in [-0.1, -0.05) is 0 Å². The average Bonchev–Trinajstić information content (AvgIpc) is 2.92. The molecule has 0 saturated carbocycles. The summed E-state index contributed by atoms with van der Waals surface area (Å²) in [6, 6.07) is 13.2. The Morgan fingerprint density at radius 2 is 1.90 bits per heavy atom. The third-order valence-corrected chi connectivity index (χ3v) is 5.41. The first-order valence-corrected chi connectivity index (χ1v) is 8.76. The van der Waals surface area contributed by atoms with Gasteiger partial charge in [0.05, 0.1) is 0 Å². The van der Waals surface area contributed by atoms with Gasteiger partial charge in [0.15, 0.2) is 0 Å². The van der Waals surface area contributed by atoms with Gasteiger partial charge in [0.1, 0.15) is 0 Å². The summed E-state index contributed by atoms with van der Waals surface area (Å²) in [4.78, 5) is 2.26. The van der Waals surface area contributed by atoms with Crippen LogP contribution in [0.5, 0.6) is 0 Å². The Balaban J connectivity index is 1.73. The summed E-state index contributed by atoms with van der Waals surface area (Å²) in [6.07, 6.45) is 7.65. The summed E-state index contributed by atoms with van der Waals surface area (Å²) in [6.45, 7) is 4.53. The molecule has 0 bridgehead atoms. The van der Waals surface area contributed by atoms with Crippen LogP contribution >= 0.6 is 0 Å². The first-order chi connectivity index (χ1) is 9.62. The van der Waals surface area contributed by atoms with Crippen LogP contribution in [-0.4, -0.2) is 14.5 Å². The van der Waals surface area contributed by atoms with Gasteiger partial charge in [0.25, 0.3) is 0 Å². The van der Waals surface area contributed by atoms with Crippen molar-refractivity contribution in [2.75, 3.05) is 5.32 Å². The van der Waals surface area contributed by atoms with E-state index in [9.17, 15) is 0 Å². The molecule has 0 amide bonds. The van der Waals surface area contributed by atoms with Gasteiger partial charge in [-0.3, -0.25) is 0 Å². The molecule has 0 atom stereocenters. The molecule has 2 heteroatoms. The molecule has 1 N–H and O–H groups in total. The van der Waals surface area contributed by atoms with Crippen LogP contribution in [0.2, 0.25) is 0 Å². The van der Waals surface area contributed by atoms with Crippen LogP contribution in [0.1, 0.15) is 20.3 Å². The van der Waals surface area contributed by atoms with Crippen LogP contribution in [0.3, 0.4) is 0 Å². The number of hydrogen-bond acceptors (Lipinski definition) is 1. The van der Waals surface area contributed by atoms with Gasteiger partial charge in [-0.25, -0.2) is 0 Å². The third-order valence-electron chi connectivity index (χ3n) is 3.49. The SMILES string of the molecule is CC1(C)C=CC=C(Nc2ccc(-c3ccc[se]3)cc2)C1. The van der Waals surface area contributed by atoms with Gasteiger partial charge in [-0.05, 0) is 0 Å². The third kappa shape index (κ3) is 3.15. The molecule has 2 aromatic rings. The summed E-state index contributed by atoms with van der Waals surface area (Å²) in [5, 5.41) is 3.53. The molecule has 0 radical (unpaired) electrons. The topological polar surface area (TPSA) is 12.0 Å². The summed E-state index contributed by atoms with van der Waals surface area (Å²) in [7, 11) is 0. The fraction of sp³-hybridized carbons (Fsp3) is 0.222. The first-order valence-electron chi connectivity index (χ1n) is 6.92. The van der Waals surface area contributed by atoms with Crippen LogP contribution < -0.4 is 5.32 Å². The molecule has 1 aliphatic rings. The summed E-state index contributed by atoms with van der Waals surface area (Å²) >= 11 is 0.510. The maximum absolute atomic E-state index is 3.53. The molecule has 1 heterocycles. The molecular formula is C18H19NSe. The number of nitrogens with one attached hydrogen (secondary N) is 1. The molecule has 0 fully saturated rings. The minimum atomic E-state index is 0.250. The molecule has 0 aliphatic heterocycles. The second-order valence-electron chi connectivity index (χ2n) is 5.90. The molecule has 1 aromatic heterocycles. The Morgan fingerprint density at radius 3 is 2.55 bits per heavy atom. The van der Waals surface area contributed by atoms with E-state index in [1.807, 2.05) is 0 Å². The zero-order valence-corrected chi connectivity index (χ0v) is 13.6. The van der Waals surface area contributed by atoms with E-state index in [4.69, 9.17) is 0 Å². The van der Waals surface area contributed by atoms with E-state index in [1.165, 1.54) is 21.4 Å². The van der Waals surface area contributed by atoms with E-state index in [-0.39, 0.29) is 5.41 Å². The zero-order valence-electron chi connectivity index (χ0n) is 11.9. The van der Waals surface area contributed by atoms with Crippen molar-refractivity contribution in [3.63, 3.8) is 0 Å². The van der Waals surface area contributed by atoms with Crippen molar-refractivity contribution in [3.8, 4) is 10.0 Å². The fourth-order valence-corrected chi connectivity index (χ4v) is 4.00. The molecular weight excluding hydrogens is 309 g/mol. The molecule has 1 nitrogen and oxygen atoms in total. The van der Waals surface area contributed by atoms with Crippen LogP contribution in [0.25, 0.3) is 10.0 Å². The molecule has 0 unspecified atom stereocenters. The van der Waals surface area contributed by atoms with Crippen molar-refractivity contribution in [1.29, 1.82) is 0 Å². The van der Waals surface area contributed by atoms with E-state index < -0.39 is 0 Å². The van der Waals surface area contributed by atoms with Crippen molar-refractivity contribution >= 4 is 20.2 Å². The predicted molar refractivity (Wildman–Crippen MR) is 88.1 cm³/mol. The fourth-order valence-electron chi connectivity index (χ4n) is 2.47. The van der Waals surface area contributed by atoms with Gasteiger partial charge in [-0.15, -0.1) is 0 Å². The number of allylic oxidation sites excluding steroid dienone is 4. The van der Waals surface area contributed by atoms with Crippen molar-refractivity contribution in [1.82, 2.24) is 0 Å². The summed E-state index contributed by atoms with van der Waals surface area (Å²) in [5.41, 5.74) is 4.06. The van der Waals surface area contributed by atoms with E-state index in [1.54, 1.807) is 0 Å². The Labute approximate surface area is 126 Å². The molecule has 20 heavy (non-hydrogen) atoms. The van der Waals surface area contributed by atoms with Crippen molar-refractivity contribution in [3.05, 3.63) is 65.3 Å². The van der Waals surface area contributed by atoms with Crippen LogP contribution in [0.4, 0.5) is 5.69 Å². The summed E-state index contributed by atoms with van der Waals surface area (Å²) < 4.78 is 1.46. The monoisotopic (exact) mass is 329 g/mol.